The van der Waals surface area contributed by atoms with Crippen LogP contribution in [0.5, 0.6) is 5.75 Å². The molecule has 100 valence electrons. The Balaban J connectivity index is 2.19. The summed E-state index contributed by atoms with van der Waals surface area (Å²) in [6, 6.07) is 9.42. The van der Waals surface area contributed by atoms with Gasteiger partial charge in [0.05, 0.1) is 0 Å². The van der Waals surface area contributed by atoms with E-state index in [-0.39, 0.29) is 0 Å². The third kappa shape index (κ3) is 3.44. The molecule has 0 unspecified atom stereocenters. The van der Waals surface area contributed by atoms with E-state index in [0.29, 0.717) is 16.7 Å². The first-order valence-electron chi connectivity index (χ1n) is 5.81. The second-order valence-electron chi connectivity index (χ2n) is 4.36. The van der Waals surface area contributed by atoms with Gasteiger partial charge in [-0.05, 0) is 49.2 Å². The van der Waals surface area contributed by atoms with Crippen molar-refractivity contribution in [2.24, 2.45) is 0 Å². The Labute approximate surface area is 131 Å². The maximum Gasteiger partial charge on any atom is 0.120 e. The summed E-state index contributed by atoms with van der Waals surface area (Å²) in [7, 11) is 0. The van der Waals surface area contributed by atoms with Gasteiger partial charge in [0.25, 0.3) is 0 Å². The van der Waals surface area contributed by atoms with Crippen molar-refractivity contribution in [2.75, 3.05) is 0 Å². The highest BCUT2D eigenvalue weighted by Crippen LogP contribution is 2.29. The zero-order valence-electron chi connectivity index (χ0n) is 10.6. The Morgan fingerprint density at radius 2 is 1.58 bits per heavy atom. The third-order valence-electron chi connectivity index (χ3n) is 2.85. The van der Waals surface area contributed by atoms with Crippen LogP contribution in [0.15, 0.2) is 34.8 Å². The van der Waals surface area contributed by atoms with Crippen LogP contribution in [-0.4, -0.2) is 0 Å². The van der Waals surface area contributed by atoms with E-state index in [1.807, 2.05) is 44.2 Å². The summed E-state index contributed by atoms with van der Waals surface area (Å²) in [5.41, 5.74) is 3.09. The lowest BCUT2D eigenvalue weighted by Crippen LogP contribution is -1.98. The highest BCUT2D eigenvalue weighted by Gasteiger charge is 2.08. The minimum absolute atomic E-state index is 0.360. The fourth-order valence-corrected chi connectivity index (χ4v) is 2.55. The lowest BCUT2D eigenvalue weighted by Gasteiger charge is -2.12. The van der Waals surface area contributed by atoms with E-state index in [4.69, 9.17) is 27.9 Å². The molecule has 0 saturated carbocycles. The monoisotopic (exact) mass is 358 g/mol. The normalized spacial score (nSPS) is 10.6. The van der Waals surface area contributed by atoms with E-state index in [0.717, 1.165) is 26.9 Å². The number of benzene rings is 2. The van der Waals surface area contributed by atoms with Crippen molar-refractivity contribution in [3.8, 4) is 5.75 Å². The average Bonchev–Trinajstić information content (AvgIpc) is 2.35. The van der Waals surface area contributed by atoms with Gasteiger partial charge in [-0.1, -0.05) is 45.2 Å². The molecule has 1 nitrogen and oxygen atoms in total. The van der Waals surface area contributed by atoms with Gasteiger partial charge in [-0.3, -0.25) is 0 Å². The summed E-state index contributed by atoms with van der Waals surface area (Å²) in [6.07, 6.45) is 0. The average molecular weight is 360 g/mol. The largest absolute Gasteiger partial charge is 0.489 e. The molecule has 2 aromatic carbocycles. The highest BCUT2D eigenvalue weighted by molar-refractivity contribution is 9.10. The van der Waals surface area contributed by atoms with E-state index >= 15 is 0 Å². The van der Waals surface area contributed by atoms with Crippen molar-refractivity contribution < 1.29 is 4.74 Å². The minimum atomic E-state index is 0.360. The summed E-state index contributed by atoms with van der Waals surface area (Å²) in [6.45, 7) is 4.43. The van der Waals surface area contributed by atoms with Crippen molar-refractivity contribution in [3.05, 3.63) is 61.5 Å². The van der Waals surface area contributed by atoms with Crippen LogP contribution >= 0.6 is 39.1 Å². The van der Waals surface area contributed by atoms with Gasteiger partial charge in [0.15, 0.2) is 0 Å². The molecule has 0 fully saturated rings. The molecular formula is C15H13BrCl2O. The summed E-state index contributed by atoms with van der Waals surface area (Å²) >= 11 is 15.8. The maximum absolute atomic E-state index is 6.11. The van der Waals surface area contributed by atoms with Gasteiger partial charge in [0.2, 0.25) is 0 Å². The molecule has 0 aliphatic heterocycles. The molecule has 19 heavy (non-hydrogen) atoms. The van der Waals surface area contributed by atoms with E-state index in [1.165, 1.54) is 0 Å². The molecule has 0 aliphatic rings. The van der Waals surface area contributed by atoms with Gasteiger partial charge in [0, 0.05) is 20.1 Å². The van der Waals surface area contributed by atoms with E-state index < -0.39 is 0 Å². The summed E-state index contributed by atoms with van der Waals surface area (Å²) in [5, 5.41) is 1.25. The van der Waals surface area contributed by atoms with Gasteiger partial charge in [-0.25, -0.2) is 0 Å². The molecule has 0 spiro atoms. The second kappa shape index (κ2) is 6.17. The van der Waals surface area contributed by atoms with Crippen molar-refractivity contribution in [2.45, 2.75) is 20.5 Å². The van der Waals surface area contributed by atoms with Gasteiger partial charge < -0.3 is 4.74 Å². The van der Waals surface area contributed by atoms with Gasteiger partial charge in [0.1, 0.15) is 12.4 Å². The molecule has 4 heteroatoms. The summed E-state index contributed by atoms with van der Waals surface area (Å²) in [4.78, 5) is 0. The summed E-state index contributed by atoms with van der Waals surface area (Å²) < 4.78 is 6.89. The van der Waals surface area contributed by atoms with Crippen LogP contribution in [0.3, 0.4) is 0 Å². The van der Waals surface area contributed by atoms with Gasteiger partial charge in [-0.15, -0.1) is 0 Å². The lowest BCUT2D eigenvalue weighted by molar-refractivity contribution is 0.306. The van der Waals surface area contributed by atoms with Crippen LogP contribution in [0.2, 0.25) is 10.0 Å². The van der Waals surface area contributed by atoms with E-state index in [9.17, 15) is 0 Å². The molecule has 0 atom stereocenters. The molecule has 0 radical (unpaired) electrons. The Kier molecular flexibility index (Phi) is 4.77. The molecule has 0 aromatic heterocycles. The van der Waals surface area contributed by atoms with E-state index in [1.54, 1.807) is 0 Å². The Morgan fingerprint density at radius 1 is 1.05 bits per heavy atom. The SMILES string of the molecule is Cc1cc(OCc2c(Cl)cccc2Cl)cc(C)c1Br. The number of halogens is 3. The lowest BCUT2D eigenvalue weighted by atomic mass is 10.1. The predicted molar refractivity (Wildman–Crippen MR) is 84.4 cm³/mol. The molecule has 0 saturated heterocycles. The van der Waals surface area contributed by atoms with Crippen LogP contribution in [0.4, 0.5) is 0 Å². The van der Waals surface area contributed by atoms with Crippen LogP contribution < -0.4 is 4.74 Å². The molecule has 2 aromatic rings. The zero-order chi connectivity index (χ0) is 14.0. The van der Waals surface area contributed by atoms with Crippen molar-refractivity contribution >= 4 is 39.1 Å². The fraction of sp³-hybridized carbons (Fsp3) is 0.200. The van der Waals surface area contributed by atoms with Crippen LogP contribution in [-0.2, 0) is 6.61 Å². The molecule has 0 amide bonds. The van der Waals surface area contributed by atoms with Crippen molar-refractivity contribution in [1.82, 2.24) is 0 Å². The van der Waals surface area contributed by atoms with Gasteiger partial charge >= 0.3 is 0 Å². The Morgan fingerprint density at radius 3 is 2.11 bits per heavy atom. The molecule has 0 bridgehead atoms. The number of aryl methyl sites for hydroxylation is 2. The minimum Gasteiger partial charge on any atom is -0.489 e. The molecule has 0 heterocycles. The first kappa shape index (κ1) is 14.7. The van der Waals surface area contributed by atoms with E-state index in [2.05, 4.69) is 15.9 Å². The van der Waals surface area contributed by atoms with Crippen molar-refractivity contribution in [1.29, 1.82) is 0 Å². The smallest absolute Gasteiger partial charge is 0.120 e. The van der Waals surface area contributed by atoms with Crippen LogP contribution in [0.1, 0.15) is 16.7 Å². The first-order chi connectivity index (χ1) is 8.99. The fourth-order valence-electron chi connectivity index (χ4n) is 1.82. The number of hydrogen-bond acceptors (Lipinski definition) is 1. The van der Waals surface area contributed by atoms with Crippen molar-refractivity contribution in [3.63, 3.8) is 0 Å². The topological polar surface area (TPSA) is 9.23 Å². The third-order valence-corrected chi connectivity index (χ3v) is 4.81. The number of ether oxygens (including phenoxy) is 1. The number of hydrogen-bond donors (Lipinski definition) is 0. The zero-order valence-corrected chi connectivity index (χ0v) is 13.7. The molecule has 0 aliphatic carbocycles. The summed E-state index contributed by atoms with van der Waals surface area (Å²) in [5.74, 6) is 0.814. The Hall–Kier alpha value is -0.700. The van der Waals surface area contributed by atoms with Crippen LogP contribution in [0, 0.1) is 13.8 Å². The van der Waals surface area contributed by atoms with Crippen LogP contribution in [0.25, 0.3) is 0 Å². The maximum atomic E-state index is 6.11. The molecular weight excluding hydrogens is 347 g/mol. The quantitative estimate of drug-likeness (QED) is 0.657. The highest BCUT2D eigenvalue weighted by atomic mass is 79.9. The Bertz CT molecular complexity index is 568. The number of rotatable bonds is 3. The predicted octanol–water partition coefficient (Wildman–Crippen LogP) is 5.95. The second-order valence-corrected chi connectivity index (χ2v) is 5.97. The molecule has 0 N–H and O–H groups in total. The molecule has 2 rings (SSSR count). The van der Waals surface area contributed by atoms with Gasteiger partial charge in [-0.2, -0.15) is 0 Å². The first-order valence-corrected chi connectivity index (χ1v) is 7.36. The standard InChI is InChI=1S/C15H13BrCl2O/c1-9-6-11(7-10(2)15(9)16)19-8-12-13(17)4-3-5-14(12)18/h3-7H,8H2,1-2H3.